The molecule has 0 saturated carbocycles. The molecule has 0 fully saturated rings. The van der Waals surface area contributed by atoms with E-state index in [1.807, 2.05) is 0 Å². The van der Waals surface area contributed by atoms with Crippen molar-refractivity contribution in [3.05, 3.63) is 39.4 Å². The molecule has 1 unspecified atom stereocenters. The summed E-state index contributed by atoms with van der Waals surface area (Å²) in [7, 11) is 0. The average molecular weight is 253 g/mol. The van der Waals surface area contributed by atoms with Gasteiger partial charge in [-0.2, -0.15) is 10.5 Å². The van der Waals surface area contributed by atoms with Crippen LogP contribution in [0.2, 0.25) is 10.0 Å². The first-order valence-corrected chi connectivity index (χ1v) is 4.98. The van der Waals surface area contributed by atoms with Gasteiger partial charge in [-0.05, 0) is 23.8 Å². The first-order chi connectivity index (χ1) is 7.58. The second-order valence-corrected chi connectivity index (χ2v) is 3.73. The predicted octanol–water partition coefficient (Wildman–Crippen LogP) is 2.78. The Morgan fingerprint density at radius 1 is 1.31 bits per heavy atom. The van der Waals surface area contributed by atoms with Gasteiger partial charge in [0, 0.05) is 0 Å². The van der Waals surface area contributed by atoms with Crippen LogP contribution in [0.15, 0.2) is 23.8 Å². The van der Waals surface area contributed by atoms with E-state index in [9.17, 15) is 5.11 Å². The lowest BCUT2D eigenvalue weighted by Crippen LogP contribution is -2.04. The zero-order valence-electron chi connectivity index (χ0n) is 7.98. The Bertz CT molecular complexity index is 512. The number of nitriles is 2. The average Bonchev–Trinajstić information content (AvgIpc) is 2.29. The SMILES string of the molecule is N#C/C(=C/c1ccc(Cl)c(Cl)c1)C(O)C#N. The van der Waals surface area contributed by atoms with Gasteiger partial charge in [-0.25, -0.2) is 0 Å². The summed E-state index contributed by atoms with van der Waals surface area (Å²) in [6, 6.07) is 8.07. The summed E-state index contributed by atoms with van der Waals surface area (Å²) in [5.41, 5.74) is 0.557. The highest BCUT2D eigenvalue weighted by Gasteiger charge is 2.08. The second-order valence-electron chi connectivity index (χ2n) is 2.92. The number of hydrogen-bond acceptors (Lipinski definition) is 3. The van der Waals surface area contributed by atoms with Crippen LogP contribution in [0.4, 0.5) is 0 Å². The molecule has 0 radical (unpaired) electrons. The number of benzene rings is 1. The summed E-state index contributed by atoms with van der Waals surface area (Å²) >= 11 is 11.5. The molecule has 0 aliphatic carbocycles. The Labute approximate surface area is 103 Å². The Kier molecular flexibility index (Phi) is 4.34. The largest absolute Gasteiger partial charge is 0.373 e. The van der Waals surface area contributed by atoms with Crippen molar-refractivity contribution in [3.8, 4) is 12.1 Å². The second kappa shape index (κ2) is 5.53. The summed E-state index contributed by atoms with van der Waals surface area (Å²) in [5, 5.41) is 27.1. The van der Waals surface area contributed by atoms with Gasteiger partial charge in [0.05, 0.1) is 27.8 Å². The van der Waals surface area contributed by atoms with Gasteiger partial charge >= 0.3 is 0 Å². The van der Waals surface area contributed by atoms with Crippen molar-refractivity contribution in [2.45, 2.75) is 6.10 Å². The van der Waals surface area contributed by atoms with E-state index < -0.39 is 6.10 Å². The highest BCUT2D eigenvalue weighted by atomic mass is 35.5. The molecule has 1 N–H and O–H groups in total. The number of halogens is 2. The van der Waals surface area contributed by atoms with Crippen molar-refractivity contribution >= 4 is 29.3 Å². The Hall–Kier alpha value is -1.52. The minimum Gasteiger partial charge on any atom is -0.373 e. The van der Waals surface area contributed by atoms with Crippen LogP contribution in [0.1, 0.15) is 5.56 Å². The van der Waals surface area contributed by atoms with Crippen LogP contribution in [0, 0.1) is 22.7 Å². The molecule has 1 aromatic rings. The maximum atomic E-state index is 9.19. The molecule has 3 nitrogen and oxygen atoms in total. The molecule has 0 amide bonds. The van der Waals surface area contributed by atoms with E-state index in [1.165, 1.54) is 6.08 Å². The molecule has 1 atom stereocenters. The van der Waals surface area contributed by atoms with Crippen molar-refractivity contribution in [1.82, 2.24) is 0 Å². The number of aliphatic hydroxyl groups is 1. The molecule has 16 heavy (non-hydrogen) atoms. The number of hydrogen-bond donors (Lipinski definition) is 1. The molecule has 0 aromatic heterocycles. The van der Waals surface area contributed by atoms with E-state index in [1.54, 1.807) is 30.3 Å². The first-order valence-electron chi connectivity index (χ1n) is 4.23. The highest BCUT2D eigenvalue weighted by Crippen LogP contribution is 2.23. The lowest BCUT2D eigenvalue weighted by molar-refractivity contribution is 0.271. The van der Waals surface area contributed by atoms with Gasteiger partial charge in [-0.15, -0.1) is 0 Å². The van der Waals surface area contributed by atoms with Crippen LogP contribution < -0.4 is 0 Å². The van der Waals surface area contributed by atoms with Crippen molar-refractivity contribution in [1.29, 1.82) is 10.5 Å². The topological polar surface area (TPSA) is 67.8 Å². The molecule has 1 rings (SSSR count). The lowest BCUT2D eigenvalue weighted by atomic mass is 10.1. The van der Waals surface area contributed by atoms with E-state index in [4.69, 9.17) is 33.7 Å². The molecule has 0 heterocycles. The van der Waals surface area contributed by atoms with Crippen molar-refractivity contribution in [2.75, 3.05) is 0 Å². The standard InChI is InChI=1S/C11H6Cl2N2O/c12-9-2-1-7(4-10(9)13)3-8(5-14)11(16)6-15/h1-4,11,16H/b8-3-. The van der Waals surface area contributed by atoms with Crippen LogP contribution in [0.5, 0.6) is 0 Å². The van der Waals surface area contributed by atoms with Gasteiger partial charge in [0.2, 0.25) is 0 Å². The van der Waals surface area contributed by atoms with E-state index in [0.29, 0.717) is 15.6 Å². The van der Waals surface area contributed by atoms with Gasteiger partial charge in [0.25, 0.3) is 0 Å². The Morgan fingerprint density at radius 2 is 2.00 bits per heavy atom. The monoisotopic (exact) mass is 252 g/mol. The third-order valence-electron chi connectivity index (χ3n) is 1.81. The molecule has 0 spiro atoms. The molecule has 1 aromatic carbocycles. The van der Waals surface area contributed by atoms with Gasteiger partial charge in [-0.3, -0.25) is 0 Å². The molecular weight excluding hydrogens is 247 g/mol. The summed E-state index contributed by atoms with van der Waals surface area (Å²) < 4.78 is 0. The van der Waals surface area contributed by atoms with Crippen molar-refractivity contribution < 1.29 is 5.11 Å². The summed E-state index contributed by atoms with van der Waals surface area (Å²) in [6.45, 7) is 0. The van der Waals surface area contributed by atoms with E-state index in [2.05, 4.69) is 0 Å². The zero-order valence-corrected chi connectivity index (χ0v) is 9.50. The molecule has 0 bridgehead atoms. The summed E-state index contributed by atoms with van der Waals surface area (Å²) in [6.07, 6.45) is -0.0460. The van der Waals surface area contributed by atoms with E-state index >= 15 is 0 Å². The third kappa shape index (κ3) is 2.98. The van der Waals surface area contributed by atoms with Gasteiger partial charge in [0.15, 0.2) is 6.10 Å². The molecule has 0 saturated heterocycles. The molecule has 0 aliphatic heterocycles. The smallest absolute Gasteiger partial charge is 0.175 e. The fourth-order valence-electron chi connectivity index (χ4n) is 1.02. The quantitative estimate of drug-likeness (QED) is 0.650. The zero-order chi connectivity index (χ0) is 12.1. The van der Waals surface area contributed by atoms with Crippen LogP contribution in [-0.2, 0) is 0 Å². The van der Waals surface area contributed by atoms with Gasteiger partial charge in [-0.1, -0.05) is 29.3 Å². The lowest BCUT2D eigenvalue weighted by Gasteiger charge is -2.01. The predicted molar refractivity (Wildman–Crippen MR) is 61.7 cm³/mol. The number of rotatable bonds is 2. The molecule has 0 aliphatic rings. The van der Waals surface area contributed by atoms with E-state index in [-0.39, 0.29) is 5.57 Å². The van der Waals surface area contributed by atoms with Crippen LogP contribution in [-0.4, -0.2) is 11.2 Å². The van der Waals surface area contributed by atoms with E-state index in [0.717, 1.165) is 0 Å². The summed E-state index contributed by atoms with van der Waals surface area (Å²) in [5.74, 6) is 0. The van der Waals surface area contributed by atoms with Crippen LogP contribution in [0.25, 0.3) is 6.08 Å². The fraction of sp³-hybridized carbons (Fsp3) is 0.0909. The molecule has 5 heteroatoms. The molecular formula is C11H6Cl2N2O. The maximum absolute atomic E-state index is 9.19. The van der Waals surface area contributed by atoms with Crippen molar-refractivity contribution in [3.63, 3.8) is 0 Å². The van der Waals surface area contributed by atoms with Gasteiger partial charge < -0.3 is 5.11 Å². The summed E-state index contributed by atoms with van der Waals surface area (Å²) in [4.78, 5) is 0. The first kappa shape index (κ1) is 12.5. The Balaban J connectivity index is 3.12. The Morgan fingerprint density at radius 3 is 2.50 bits per heavy atom. The maximum Gasteiger partial charge on any atom is 0.175 e. The number of aliphatic hydroxyl groups excluding tert-OH is 1. The normalized spacial score (nSPS) is 12.7. The minimum atomic E-state index is -1.43. The third-order valence-corrected chi connectivity index (χ3v) is 2.55. The van der Waals surface area contributed by atoms with Crippen LogP contribution >= 0.6 is 23.2 Å². The fourth-order valence-corrected chi connectivity index (χ4v) is 1.33. The molecule has 80 valence electrons. The highest BCUT2D eigenvalue weighted by molar-refractivity contribution is 6.42. The van der Waals surface area contributed by atoms with Crippen LogP contribution in [0.3, 0.4) is 0 Å². The van der Waals surface area contributed by atoms with Crippen molar-refractivity contribution in [2.24, 2.45) is 0 Å². The number of nitrogens with zero attached hydrogens (tertiary/aromatic N) is 2. The minimum absolute atomic E-state index is 0.0408. The van der Waals surface area contributed by atoms with Gasteiger partial charge in [0.1, 0.15) is 0 Å².